The molecular weight excluding hydrogens is 386 g/mol. The number of amides is 2. The van der Waals surface area contributed by atoms with Crippen molar-refractivity contribution in [2.45, 2.75) is 38.3 Å². The Labute approximate surface area is 173 Å². The Morgan fingerprint density at radius 3 is 2.97 bits per heavy atom. The Hall–Kier alpha value is -3.46. The van der Waals surface area contributed by atoms with Crippen LogP contribution in [0.1, 0.15) is 30.7 Å². The summed E-state index contributed by atoms with van der Waals surface area (Å²) in [5.41, 5.74) is 7.21. The molecule has 0 saturated carbocycles. The number of furan rings is 1. The zero-order valence-electron chi connectivity index (χ0n) is 16.4. The summed E-state index contributed by atoms with van der Waals surface area (Å²) in [4.78, 5) is 30.2. The molecule has 0 bridgehead atoms. The summed E-state index contributed by atoms with van der Waals surface area (Å²) >= 11 is 0. The first-order valence-corrected chi connectivity index (χ1v) is 9.87. The largest absolute Gasteiger partial charge is 0.461 e. The van der Waals surface area contributed by atoms with Gasteiger partial charge >= 0.3 is 0 Å². The molecular formula is C21H23N5O4. The van der Waals surface area contributed by atoms with Crippen molar-refractivity contribution in [2.75, 3.05) is 11.9 Å². The third kappa shape index (κ3) is 4.74. The number of nitrogens with zero attached hydrogens (tertiary/aromatic N) is 3. The van der Waals surface area contributed by atoms with Crippen molar-refractivity contribution in [3.8, 4) is 11.6 Å². The van der Waals surface area contributed by atoms with Crippen LogP contribution in [0.25, 0.3) is 11.6 Å². The number of nitrogens with one attached hydrogen (secondary N) is 1. The van der Waals surface area contributed by atoms with Gasteiger partial charge in [0.15, 0.2) is 5.76 Å². The number of aryl methyl sites for hydroxylation is 1. The maximum Gasteiger partial charge on any atom is 0.238 e. The van der Waals surface area contributed by atoms with Crippen LogP contribution < -0.4 is 11.1 Å². The Balaban J connectivity index is 1.30. The highest BCUT2D eigenvalue weighted by Gasteiger charge is 2.28. The minimum absolute atomic E-state index is 0.152. The lowest BCUT2D eigenvalue weighted by atomic mass is 10.1. The lowest BCUT2D eigenvalue weighted by molar-refractivity contribution is -0.122. The van der Waals surface area contributed by atoms with Gasteiger partial charge in [0, 0.05) is 25.1 Å². The number of likely N-dealkylation sites (tertiary alicyclic amines) is 1. The molecule has 3 N–H and O–H groups in total. The fourth-order valence-electron chi connectivity index (χ4n) is 3.63. The lowest BCUT2D eigenvalue weighted by Crippen LogP contribution is -2.39. The minimum atomic E-state index is -0.284. The molecule has 9 heteroatoms. The summed E-state index contributed by atoms with van der Waals surface area (Å²) in [5.74, 6) is 0.813. The van der Waals surface area contributed by atoms with E-state index in [-0.39, 0.29) is 24.3 Å². The van der Waals surface area contributed by atoms with Crippen LogP contribution in [0.3, 0.4) is 0 Å². The molecule has 30 heavy (non-hydrogen) atoms. The van der Waals surface area contributed by atoms with Gasteiger partial charge in [-0.05, 0) is 49.2 Å². The van der Waals surface area contributed by atoms with Gasteiger partial charge < -0.3 is 20.0 Å². The number of carbonyl (C=O) groups is 2. The van der Waals surface area contributed by atoms with E-state index in [1.165, 1.54) is 6.26 Å². The van der Waals surface area contributed by atoms with E-state index >= 15 is 0 Å². The summed E-state index contributed by atoms with van der Waals surface area (Å²) in [6.45, 7) is 1.46. The van der Waals surface area contributed by atoms with Gasteiger partial charge in [0.25, 0.3) is 0 Å². The number of rotatable bonds is 8. The molecule has 4 rings (SSSR count). The van der Waals surface area contributed by atoms with Gasteiger partial charge in [-0.2, -0.15) is 4.98 Å². The number of carbonyl (C=O) groups excluding carboxylic acids is 2. The van der Waals surface area contributed by atoms with E-state index in [1.54, 1.807) is 12.1 Å². The Kier molecular flexibility index (Phi) is 5.89. The van der Waals surface area contributed by atoms with Crippen LogP contribution in [0.5, 0.6) is 0 Å². The minimum Gasteiger partial charge on any atom is -0.461 e. The van der Waals surface area contributed by atoms with E-state index < -0.39 is 0 Å². The molecule has 3 aromatic rings. The molecule has 1 unspecified atom stereocenters. The van der Waals surface area contributed by atoms with E-state index in [9.17, 15) is 9.59 Å². The quantitative estimate of drug-likeness (QED) is 0.584. The van der Waals surface area contributed by atoms with Gasteiger partial charge in [-0.3, -0.25) is 14.5 Å². The third-order valence-electron chi connectivity index (χ3n) is 5.06. The maximum absolute atomic E-state index is 12.3. The summed E-state index contributed by atoms with van der Waals surface area (Å²) < 4.78 is 10.4. The highest BCUT2D eigenvalue weighted by molar-refractivity contribution is 5.90. The molecule has 0 radical (unpaired) electrons. The Morgan fingerprint density at radius 1 is 1.27 bits per heavy atom. The van der Waals surface area contributed by atoms with Crippen LogP contribution in [-0.4, -0.2) is 39.4 Å². The van der Waals surface area contributed by atoms with Crippen molar-refractivity contribution < 1.29 is 18.5 Å². The van der Waals surface area contributed by atoms with Crippen molar-refractivity contribution in [1.82, 2.24) is 15.0 Å². The van der Waals surface area contributed by atoms with Crippen LogP contribution in [0, 0.1) is 0 Å². The first-order chi connectivity index (χ1) is 14.6. The van der Waals surface area contributed by atoms with Gasteiger partial charge in [0.2, 0.25) is 23.5 Å². The van der Waals surface area contributed by atoms with Crippen molar-refractivity contribution in [3.63, 3.8) is 0 Å². The fraction of sp³-hybridized carbons (Fsp3) is 0.333. The van der Waals surface area contributed by atoms with Crippen LogP contribution >= 0.6 is 0 Å². The SMILES string of the molecule is NC(=O)C1CCCN1Cc1cccc(NC(=O)CCc2nc(-c3ccco3)no2)c1. The second-order valence-corrected chi connectivity index (χ2v) is 7.27. The van der Waals surface area contributed by atoms with Gasteiger partial charge in [0.05, 0.1) is 12.3 Å². The molecule has 0 aliphatic carbocycles. The van der Waals surface area contributed by atoms with Crippen LogP contribution in [0.4, 0.5) is 5.69 Å². The zero-order chi connectivity index (χ0) is 20.9. The molecule has 9 nitrogen and oxygen atoms in total. The number of benzene rings is 1. The van der Waals surface area contributed by atoms with Crippen molar-refractivity contribution in [3.05, 3.63) is 54.1 Å². The first-order valence-electron chi connectivity index (χ1n) is 9.87. The molecule has 1 saturated heterocycles. The molecule has 3 heterocycles. The number of aromatic nitrogens is 2. The van der Waals surface area contributed by atoms with Crippen molar-refractivity contribution >= 4 is 17.5 Å². The van der Waals surface area contributed by atoms with E-state index in [4.69, 9.17) is 14.7 Å². The zero-order valence-corrected chi connectivity index (χ0v) is 16.4. The third-order valence-corrected chi connectivity index (χ3v) is 5.06. The van der Waals surface area contributed by atoms with E-state index in [0.29, 0.717) is 36.1 Å². The second-order valence-electron chi connectivity index (χ2n) is 7.27. The highest BCUT2D eigenvalue weighted by atomic mass is 16.5. The van der Waals surface area contributed by atoms with Crippen LogP contribution in [-0.2, 0) is 22.6 Å². The van der Waals surface area contributed by atoms with Crippen LogP contribution in [0.15, 0.2) is 51.6 Å². The predicted octanol–water partition coefficient (Wildman–Crippen LogP) is 2.35. The van der Waals surface area contributed by atoms with Gasteiger partial charge in [0.1, 0.15) is 0 Å². The van der Waals surface area contributed by atoms with E-state index in [1.807, 2.05) is 24.3 Å². The summed E-state index contributed by atoms with van der Waals surface area (Å²) in [6.07, 6.45) is 3.82. The highest BCUT2D eigenvalue weighted by Crippen LogP contribution is 2.21. The number of nitrogens with two attached hydrogens (primary N) is 1. The van der Waals surface area contributed by atoms with E-state index in [0.717, 1.165) is 24.9 Å². The van der Waals surface area contributed by atoms with Gasteiger partial charge in [-0.15, -0.1) is 0 Å². The average molecular weight is 409 g/mol. The summed E-state index contributed by atoms with van der Waals surface area (Å²) in [6, 6.07) is 10.9. The molecule has 1 aliphatic heterocycles. The Morgan fingerprint density at radius 2 is 2.17 bits per heavy atom. The Bertz CT molecular complexity index is 1010. The summed E-state index contributed by atoms with van der Waals surface area (Å²) in [7, 11) is 0. The number of anilines is 1. The van der Waals surface area contributed by atoms with Gasteiger partial charge in [-0.25, -0.2) is 0 Å². The second kappa shape index (κ2) is 8.91. The summed E-state index contributed by atoms with van der Waals surface area (Å²) in [5, 5.41) is 6.74. The van der Waals surface area contributed by atoms with E-state index in [2.05, 4.69) is 20.4 Å². The fourth-order valence-corrected chi connectivity index (χ4v) is 3.63. The maximum atomic E-state index is 12.3. The molecule has 1 atom stereocenters. The lowest BCUT2D eigenvalue weighted by Gasteiger charge is -2.22. The monoisotopic (exact) mass is 409 g/mol. The normalized spacial score (nSPS) is 16.6. The molecule has 1 aromatic carbocycles. The number of primary amides is 1. The smallest absolute Gasteiger partial charge is 0.238 e. The van der Waals surface area contributed by atoms with Gasteiger partial charge in [-0.1, -0.05) is 17.3 Å². The molecule has 2 amide bonds. The molecule has 0 spiro atoms. The molecule has 1 fully saturated rings. The standard InChI is InChI=1S/C21H23N5O4/c22-20(28)16-6-2-10-26(16)13-14-4-1-5-15(12-14)23-18(27)8-9-19-24-21(25-30-19)17-7-3-11-29-17/h1,3-5,7,11-12,16H,2,6,8-10,13H2,(H2,22,28)(H,23,27). The van der Waals surface area contributed by atoms with Crippen LogP contribution in [0.2, 0.25) is 0 Å². The molecule has 1 aliphatic rings. The average Bonchev–Trinajstić information content (AvgIpc) is 3.47. The predicted molar refractivity (Wildman–Crippen MR) is 108 cm³/mol. The molecule has 2 aromatic heterocycles. The van der Waals surface area contributed by atoms with Crippen molar-refractivity contribution in [1.29, 1.82) is 0 Å². The number of hydrogen-bond donors (Lipinski definition) is 2. The van der Waals surface area contributed by atoms with Crippen molar-refractivity contribution in [2.24, 2.45) is 5.73 Å². The number of hydrogen-bond acceptors (Lipinski definition) is 7. The topological polar surface area (TPSA) is 127 Å². The first kappa shape index (κ1) is 19.8. The molecule has 156 valence electrons.